The van der Waals surface area contributed by atoms with Gasteiger partial charge in [-0.3, -0.25) is 0 Å². The maximum atomic E-state index is 14.9. The van der Waals surface area contributed by atoms with Gasteiger partial charge in [0.25, 0.3) is 0 Å². The van der Waals surface area contributed by atoms with Gasteiger partial charge in [0.1, 0.15) is 18.2 Å². The molecular weight excluding hydrogens is 383 g/mol. The first-order valence-electron chi connectivity index (χ1n) is 10.5. The van der Waals surface area contributed by atoms with Crippen molar-refractivity contribution in [1.29, 1.82) is 0 Å². The molecule has 0 atom stereocenters. The molecular formula is C29H22FO. The third kappa shape index (κ3) is 4.02. The lowest BCUT2D eigenvalue weighted by Gasteiger charge is -2.25. The summed E-state index contributed by atoms with van der Waals surface area (Å²) in [4.78, 5) is 0. The number of aryl methyl sites for hydroxylation is 1. The summed E-state index contributed by atoms with van der Waals surface area (Å²) >= 11 is 0. The van der Waals surface area contributed by atoms with Gasteiger partial charge in [-0.05, 0) is 70.5 Å². The Labute approximate surface area is 182 Å². The molecule has 1 aliphatic carbocycles. The van der Waals surface area contributed by atoms with E-state index in [-0.39, 0.29) is 5.82 Å². The van der Waals surface area contributed by atoms with Crippen LogP contribution in [0.25, 0.3) is 11.1 Å². The van der Waals surface area contributed by atoms with Crippen LogP contribution in [0, 0.1) is 11.9 Å². The molecule has 1 aliphatic rings. The number of ether oxygens (including phenoxy) is 1. The Morgan fingerprint density at radius 2 is 1.58 bits per heavy atom. The van der Waals surface area contributed by atoms with Crippen LogP contribution in [-0.4, -0.2) is 0 Å². The fourth-order valence-electron chi connectivity index (χ4n) is 4.25. The Bertz CT molecular complexity index is 1230. The fourth-order valence-corrected chi connectivity index (χ4v) is 4.25. The van der Waals surface area contributed by atoms with E-state index in [0.717, 1.165) is 40.9 Å². The zero-order valence-electron chi connectivity index (χ0n) is 17.1. The van der Waals surface area contributed by atoms with Gasteiger partial charge in [-0.1, -0.05) is 78.9 Å². The predicted octanol–water partition coefficient (Wildman–Crippen LogP) is 7.11. The van der Waals surface area contributed by atoms with E-state index in [1.807, 2.05) is 48.5 Å². The molecule has 0 unspecified atom stereocenters. The van der Waals surface area contributed by atoms with Crippen LogP contribution in [-0.2, 0) is 13.0 Å². The molecule has 0 aromatic heterocycles. The van der Waals surface area contributed by atoms with Crippen LogP contribution < -0.4 is 4.74 Å². The maximum absolute atomic E-state index is 14.9. The van der Waals surface area contributed by atoms with Crippen molar-refractivity contribution in [2.45, 2.75) is 19.4 Å². The standard InChI is InChI=1S/C29H22FO/c30-28-14-8-7-13-27(28)29-25(22-11-5-2-6-12-22)17-15-23-19-24(16-18-26(23)29)31-20-21-9-3-1-4-10-21/h1-7,9-14,16,18-19H,15,17,20H2. The monoisotopic (exact) mass is 405 g/mol. The summed E-state index contributed by atoms with van der Waals surface area (Å²) in [5.74, 6) is 0.593. The van der Waals surface area contributed by atoms with E-state index in [1.54, 1.807) is 6.07 Å². The van der Waals surface area contributed by atoms with E-state index < -0.39 is 0 Å². The number of halogens is 1. The molecule has 0 N–H and O–H groups in total. The van der Waals surface area contributed by atoms with Crippen LogP contribution in [0.4, 0.5) is 4.39 Å². The van der Waals surface area contributed by atoms with Crippen molar-refractivity contribution in [1.82, 2.24) is 0 Å². The van der Waals surface area contributed by atoms with Crippen LogP contribution in [0.1, 0.15) is 34.2 Å². The molecule has 0 aliphatic heterocycles. The molecule has 0 saturated carbocycles. The number of hydrogen-bond acceptors (Lipinski definition) is 1. The van der Waals surface area contributed by atoms with Crippen LogP contribution in [0.3, 0.4) is 0 Å². The van der Waals surface area contributed by atoms with Crippen LogP contribution in [0.5, 0.6) is 5.75 Å². The highest BCUT2D eigenvalue weighted by atomic mass is 19.1. The molecule has 0 bridgehead atoms. The first-order valence-corrected chi connectivity index (χ1v) is 10.5. The zero-order chi connectivity index (χ0) is 21.0. The van der Waals surface area contributed by atoms with E-state index in [1.165, 1.54) is 17.2 Å². The van der Waals surface area contributed by atoms with Crippen molar-refractivity contribution < 1.29 is 9.13 Å². The summed E-state index contributed by atoms with van der Waals surface area (Å²) in [6.07, 6.45) is 1.75. The van der Waals surface area contributed by atoms with Crippen molar-refractivity contribution >= 4 is 11.1 Å². The highest BCUT2D eigenvalue weighted by Crippen LogP contribution is 2.42. The average Bonchev–Trinajstić information content (AvgIpc) is 2.83. The highest BCUT2D eigenvalue weighted by Gasteiger charge is 2.23. The summed E-state index contributed by atoms with van der Waals surface area (Å²) < 4.78 is 20.9. The molecule has 31 heavy (non-hydrogen) atoms. The lowest BCUT2D eigenvalue weighted by Crippen LogP contribution is -2.08. The van der Waals surface area contributed by atoms with Gasteiger partial charge in [0.05, 0.1) is 0 Å². The lowest BCUT2D eigenvalue weighted by molar-refractivity contribution is 0.306. The molecule has 0 spiro atoms. The quantitative estimate of drug-likeness (QED) is 0.344. The van der Waals surface area contributed by atoms with Crippen LogP contribution in [0.15, 0.2) is 97.1 Å². The van der Waals surface area contributed by atoms with Gasteiger partial charge >= 0.3 is 0 Å². The van der Waals surface area contributed by atoms with Gasteiger partial charge in [0, 0.05) is 5.56 Å². The first kappa shape index (κ1) is 19.3. The van der Waals surface area contributed by atoms with E-state index in [0.29, 0.717) is 12.2 Å². The van der Waals surface area contributed by atoms with Gasteiger partial charge in [-0.15, -0.1) is 0 Å². The minimum absolute atomic E-state index is 0.247. The molecule has 1 radical (unpaired) electrons. The molecule has 151 valence electrons. The van der Waals surface area contributed by atoms with Crippen molar-refractivity contribution in [3.63, 3.8) is 0 Å². The summed E-state index contributed by atoms with van der Waals surface area (Å²) in [6.45, 7) is 0.529. The van der Waals surface area contributed by atoms with Gasteiger partial charge in [0.2, 0.25) is 0 Å². The van der Waals surface area contributed by atoms with Gasteiger partial charge in [-0.2, -0.15) is 0 Å². The fraction of sp³-hybridized carbons (Fsp3) is 0.103. The average molecular weight is 405 g/mol. The topological polar surface area (TPSA) is 9.23 Å². The summed E-state index contributed by atoms with van der Waals surface area (Å²) in [6, 6.07) is 34.4. The molecule has 4 aromatic rings. The van der Waals surface area contributed by atoms with Crippen LogP contribution in [0.2, 0.25) is 0 Å². The van der Waals surface area contributed by atoms with E-state index >= 15 is 0 Å². The number of rotatable bonds is 5. The minimum Gasteiger partial charge on any atom is -0.489 e. The third-order valence-electron chi connectivity index (χ3n) is 5.75. The van der Waals surface area contributed by atoms with E-state index in [9.17, 15) is 4.39 Å². The normalized spacial score (nSPS) is 13.1. The van der Waals surface area contributed by atoms with Gasteiger partial charge < -0.3 is 4.74 Å². The molecule has 1 nitrogen and oxygen atoms in total. The van der Waals surface area contributed by atoms with Gasteiger partial charge in [0.15, 0.2) is 0 Å². The highest BCUT2D eigenvalue weighted by molar-refractivity contribution is 6.00. The molecule has 4 aromatic carbocycles. The molecule has 0 fully saturated rings. The van der Waals surface area contributed by atoms with Crippen molar-refractivity contribution in [2.75, 3.05) is 0 Å². The SMILES string of the molecule is Fc1c[c]ccc1C1=C(c2ccccc2)CCc2cc(OCc3ccccc3)ccc21. The van der Waals surface area contributed by atoms with Crippen molar-refractivity contribution in [3.05, 3.63) is 137 Å². The Balaban J connectivity index is 1.56. The molecule has 0 heterocycles. The smallest absolute Gasteiger partial charge is 0.131 e. The van der Waals surface area contributed by atoms with Gasteiger partial charge in [-0.25, -0.2) is 4.39 Å². The Morgan fingerprint density at radius 1 is 0.806 bits per heavy atom. The predicted molar refractivity (Wildman–Crippen MR) is 123 cm³/mol. The molecule has 5 rings (SSSR count). The minimum atomic E-state index is -0.247. The molecule has 0 amide bonds. The Hall–Kier alpha value is -3.65. The first-order chi connectivity index (χ1) is 15.3. The number of fused-ring (bicyclic) bond motifs is 1. The van der Waals surface area contributed by atoms with E-state index in [2.05, 4.69) is 42.5 Å². The van der Waals surface area contributed by atoms with Crippen molar-refractivity contribution in [2.24, 2.45) is 0 Å². The van der Waals surface area contributed by atoms with Crippen LogP contribution >= 0.6 is 0 Å². The Kier molecular flexibility index (Phi) is 5.37. The second kappa shape index (κ2) is 8.61. The second-order valence-electron chi connectivity index (χ2n) is 7.72. The molecule has 0 saturated heterocycles. The summed E-state index contributed by atoms with van der Waals surface area (Å²) in [5.41, 5.74) is 7.30. The lowest BCUT2D eigenvalue weighted by atomic mass is 9.79. The number of hydrogen-bond donors (Lipinski definition) is 0. The summed E-state index contributed by atoms with van der Waals surface area (Å²) in [5, 5.41) is 0. The number of allylic oxidation sites excluding steroid dienone is 1. The van der Waals surface area contributed by atoms with Crippen molar-refractivity contribution in [3.8, 4) is 5.75 Å². The second-order valence-corrected chi connectivity index (χ2v) is 7.72. The maximum Gasteiger partial charge on any atom is 0.131 e. The Morgan fingerprint density at radius 3 is 2.35 bits per heavy atom. The number of benzene rings is 4. The van der Waals surface area contributed by atoms with E-state index in [4.69, 9.17) is 4.74 Å². The summed E-state index contributed by atoms with van der Waals surface area (Å²) in [7, 11) is 0. The third-order valence-corrected chi connectivity index (χ3v) is 5.75. The largest absolute Gasteiger partial charge is 0.489 e. The molecule has 2 heteroatoms. The zero-order valence-corrected chi connectivity index (χ0v) is 17.1.